The summed E-state index contributed by atoms with van der Waals surface area (Å²) in [5.41, 5.74) is 1.25. The third-order valence-corrected chi connectivity index (χ3v) is 4.10. The second-order valence-electron chi connectivity index (χ2n) is 5.76. The van der Waals surface area contributed by atoms with Gasteiger partial charge in [-0.2, -0.15) is 0 Å². The standard InChI is InChI=1S/C17H21NO2/c19-17(10-13-5-1-2-6-13)18-11-14-9-15-7-3-4-8-16(15)20-12-14/h1,3-5,7-8,13-14H,2,6,9-12H2,(H,18,19). The molecule has 1 aliphatic carbocycles. The van der Waals surface area contributed by atoms with E-state index in [-0.39, 0.29) is 5.91 Å². The van der Waals surface area contributed by atoms with Crippen LogP contribution in [0.5, 0.6) is 5.75 Å². The lowest BCUT2D eigenvalue weighted by Crippen LogP contribution is -2.35. The zero-order valence-electron chi connectivity index (χ0n) is 11.7. The van der Waals surface area contributed by atoms with E-state index in [0.717, 1.165) is 25.0 Å². The van der Waals surface area contributed by atoms with Crippen molar-refractivity contribution in [2.45, 2.75) is 25.7 Å². The first-order valence-electron chi connectivity index (χ1n) is 7.45. The summed E-state index contributed by atoms with van der Waals surface area (Å²) in [5.74, 6) is 1.98. The number of para-hydroxylation sites is 1. The average molecular weight is 271 g/mol. The molecule has 0 spiro atoms. The van der Waals surface area contributed by atoms with Crippen molar-refractivity contribution >= 4 is 5.91 Å². The Morgan fingerprint density at radius 2 is 2.25 bits per heavy atom. The molecular weight excluding hydrogens is 250 g/mol. The monoisotopic (exact) mass is 271 g/mol. The highest BCUT2D eigenvalue weighted by molar-refractivity contribution is 5.76. The zero-order chi connectivity index (χ0) is 13.8. The van der Waals surface area contributed by atoms with Gasteiger partial charge in [0.15, 0.2) is 0 Å². The van der Waals surface area contributed by atoms with Crippen LogP contribution in [-0.4, -0.2) is 19.1 Å². The first kappa shape index (κ1) is 13.2. The van der Waals surface area contributed by atoms with Crippen LogP contribution in [0.15, 0.2) is 36.4 Å². The number of allylic oxidation sites excluding steroid dienone is 2. The second kappa shape index (κ2) is 6.12. The van der Waals surface area contributed by atoms with Crippen molar-refractivity contribution in [1.29, 1.82) is 0 Å². The van der Waals surface area contributed by atoms with Gasteiger partial charge in [-0.1, -0.05) is 30.4 Å². The van der Waals surface area contributed by atoms with Crippen LogP contribution in [0, 0.1) is 11.8 Å². The number of hydrogen-bond donors (Lipinski definition) is 1. The van der Waals surface area contributed by atoms with Crippen molar-refractivity contribution in [3.8, 4) is 5.75 Å². The number of ether oxygens (including phenoxy) is 1. The molecule has 1 aromatic rings. The SMILES string of the molecule is O=C(CC1C=CCC1)NCC1COc2ccccc2C1. The Morgan fingerprint density at radius 1 is 1.35 bits per heavy atom. The Labute approximate surface area is 120 Å². The molecule has 0 fully saturated rings. The fourth-order valence-corrected chi connectivity index (χ4v) is 2.96. The van der Waals surface area contributed by atoms with E-state index < -0.39 is 0 Å². The summed E-state index contributed by atoms with van der Waals surface area (Å²) >= 11 is 0. The summed E-state index contributed by atoms with van der Waals surface area (Å²) in [7, 11) is 0. The summed E-state index contributed by atoms with van der Waals surface area (Å²) < 4.78 is 5.74. The van der Waals surface area contributed by atoms with E-state index in [1.807, 2.05) is 18.2 Å². The Kier molecular flexibility index (Phi) is 4.05. The zero-order valence-corrected chi connectivity index (χ0v) is 11.7. The number of hydrogen-bond acceptors (Lipinski definition) is 2. The second-order valence-corrected chi connectivity index (χ2v) is 5.76. The molecule has 0 aromatic heterocycles. The Bertz CT molecular complexity index is 509. The molecule has 3 rings (SSSR count). The van der Waals surface area contributed by atoms with Gasteiger partial charge in [0.1, 0.15) is 5.75 Å². The number of carbonyl (C=O) groups excluding carboxylic acids is 1. The summed E-state index contributed by atoms with van der Waals surface area (Å²) in [6.45, 7) is 1.41. The average Bonchev–Trinajstić information content (AvgIpc) is 2.98. The van der Waals surface area contributed by atoms with Gasteiger partial charge in [0, 0.05) is 18.9 Å². The first-order valence-corrected chi connectivity index (χ1v) is 7.45. The van der Waals surface area contributed by atoms with Crippen molar-refractivity contribution in [1.82, 2.24) is 5.32 Å². The minimum Gasteiger partial charge on any atom is -0.493 e. The predicted molar refractivity (Wildman–Crippen MR) is 78.6 cm³/mol. The Hall–Kier alpha value is -1.77. The predicted octanol–water partition coefficient (Wildman–Crippen LogP) is 2.71. The number of amides is 1. The number of carbonyl (C=O) groups is 1. The van der Waals surface area contributed by atoms with Crippen LogP contribution in [0.1, 0.15) is 24.8 Å². The van der Waals surface area contributed by atoms with E-state index in [9.17, 15) is 4.79 Å². The smallest absolute Gasteiger partial charge is 0.220 e. The minimum absolute atomic E-state index is 0.167. The maximum absolute atomic E-state index is 11.9. The summed E-state index contributed by atoms with van der Waals surface area (Å²) in [6.07, 6.45) is 8.18. The maximum atomic E-state index is 11.9. The van der Waals surface area contributed by atoms with Crippen LogP contribution in [0.4, 0.5) is 0 Å². The van der Waals surface area contributed by atoms with Gasteiger partial charge in [-0.3, -0.25) is 4.79 Å². The van der Waals surface area contributed by atoms with Gasteiger partial charge in [0.25, 0.3) is 0 Å². The summed E-state index contributed by atoms with van der Waals surface area (Å²) in [5, 5.41) is 3.06. The fraction of sp³-hybridized carbons (Fsp3) is 0.471. The molecule has 3 nitrogen and oxygen atoms in total. The van der Waals surface area contributed by atoms with E-state index in [1.165, 1.54) is 5.56 Å². The molecule has 1 aromatic carbocycles. The third-order valence-electron chi connectivity index (χ3n) is 4.10. The molecule has 2 atom stereocenters. The number of benzene rings is 1. The van der Waals surface area contributed by atoms with Crippen LogP contribution >= 0.6 is 0 Å². The Morgan fingerprint density at radius 3 is 3.10 bits per heavy atom. The fourth-order valence-electron chi connectivity index (χ4n) is 2.96. The number of fused-ring (bicyclic) bond motifs is 1. The summed E-state index contributed by atoms with van der Waals surface area (Å²) in [4.78, 5) is 11.9. The van der Waals surface area contributed by atoms with E-state index in [0.29, 0.717) is 31.4 Å². The van der Waals surface area contributed by atoms with Crippen molar-refractivity contribution in [3.63, 3.8) is 0 Å². The van der Waals surface area contributed by atoms with Crippen molar-refractivity contribution in [2.24, 2.45) is 11.8 Å². The van der Waals surface area contributed by atoms with E-state index >= 15 is 0 Å². The quantitative estimate of drug-likeness (QED) is 0.855. The van der Waals surface area contributed by atoms with E-state index in [2.05, 4.69) is 23.5 Å². The van der Waals surface area contributed by atoms with Crippen molar-refractivity contribution < 1.29 is 9.53 Å². The summed E-state index contributed by atoms with van der Waals surface area (Å²) in [6, 6.07) is 8.15. The molecule has 1 amide bonds. The van der Waals surface area contributed by atoms with Gasteiger partial charge >= 0.3 is 0 Å². The molecule has 2 aliphatic rings. The first-order chi connectivity index (χ1) is 9.81. The van der Waals surface area contributed by atoms with Crippen LogP contribution in [0.3, 0.4) is 0 Å². The highest BCUT2D eigenvalue weighted by atomic mass is 16.5. The molecule has 0 bridgehead atoms. The van der Waals surface area contributed by atoms with Crippen LogP contribution in [0.2, 0.25) is 0 Å². The van der Waals surface area contributed by atoms with Gasteiger partial charge in [-0.25, -0.2) is 0 Å². The van der Waals surface area contributed by atoms with Gasteiger partial charge in [0.2, 0.25) is 5.91 Å². The van der Waals surface area contributed by atoms with Crippen molar-refractivity contribution in [3.05, 3.63) is 42.0 Å². The molecule has 0 saturated carbocycles. The third kappa shape index (κ3) is 3.21. The lowest BCUT2D eigenvalue weighted by Gasteiger charge is -2.25. The number of rotatable bonds is 4. The normalized spacial score (nSPS) is 24.0. The van der Waals surface area contributed by atoms with E-state index in [4.69, 9.17) is 4.74 Å². The largest absolute Gasteiger partial charge is 0.493 e. The van der Waals surface area contributed by atoms with Gasteiger partial charge in [0.05, 0.1) is 6.61 Å². The highest BCUT2D eigenvalue weighted by Gasteiger charge is 2.20. The lowest BCUT2D eigenvalue weighted by atomic mass is 9.96. The molecule has 2 unspecified atom stereocenters. The topological polar surface area (TPSA) is 38.3 Å². The molecule has 1 N–H and O–H groups in total. The molecule has 20 heavy (non-hydrogen) atoms. The molecule has 106 valence electrons. The maximum Gasteiger partial charge on any atom is 0.220 e. The molecule has 1 aliphatic heterocycles. The Balaban J connectivity index is 1.45. The molecule has 1 heterocycles. The molecule has 0 saturated heterocycles. The van der Waals surface area contributed by atoms with Crippen LogP contribution in [-0.2, 0) is 11.2 Å². The van der Waals surface area contributed by atoms with Crippen molar-refractivity contribution in [2.75, 3.05) is 13.2 Å². The minimum atomic E-state index is 0.167. The van der Waals surface area contributed by atoms with E-state index in [1.54, 1.807) is 0 Å². The molecule has 0 radical (unpaired) electrons. The molecule has 3 heteroatoms. The van der Waals surface area contributed by atoms with Gasteiger partial charge < -0.3 is 10.1 Å². The van der Waals surface area contributed by atoms with Gasteiger partial charge in [-0.15, -0.1) is 0 Å². The van der Waals surface area contributed by atoms with Gasteiger partial charge in [-0.05, 0) is 36.8 Å². The van der Waals surface area contributed by atoms with Crippen LogP contribution in [0.25, 0.3) is 0 Å². The molecular formula is C17H21NO2. The van der Waals surface area contributed by atoms with Crippen LogP contribution < -0.4 is 10.1 Å². The highest BCUT2D eigenvalue weighted by Crippen LogP contribution is 2.26. The lowest BCUT2D eigenvalue weighted by molar-refractivity contribution is -0.121. The number of nitrogens with one attached hydrogen (secondary N) is 1.